The van der Waals surface area contributed by atoms with Crippen molar-refractivity contribution in [1.82, 2.24) is 4.90 Å². The van der Waals surface area contributed by atoms with Gasteiger partial charge in [-0.2, -0.15) is 123 Å². The van der Waals surface area contributed by atoms with E-state index in [2.05, 4.69) is 14.2 Å². The normalized spacial score (nSPS) is 14.8. The smallest absolute Gasteiger partial charge is 0.422 e. The molecule has 0 fully saturated rings. The molecule has 36 heteroatoms. The van der Waals surface area contributed by atoms with Crippen LogP contribution in [-0.2, 0) is 32.0 Å². The van der Waals surface area contributed by atoms with Gasteiger partial charge in [-0.05, 0) is 61.6 Å². The van der Waals surface area contributed by atoms with Gasteiger partial charge in [0.05, 0.1) is 0 Å². The van der Waals surface area contributed by atoms with Crippen LogP contribution in [0.4, 0.5) is 123 Å². The maximum absolute atomic E-state index is 14.7. The number of rotatable bonds is 18. The molecule has 0 bridgehead atoms. The first-order valence-corrected chi connectivity index (χ1v) is 17.4. The summed E-state index contributed by atoms with van der Waals surface area (Å²) in [7, 11) is 0. The van der Waals surface area contributed by atoms with Crippen LogP contribution in [0.1, 0.15) is 24.5 Å². The van der Waals surface area contributed by atoms with Crippen molar-refractivity contribution in [3.05, 3.63) is 53.6 Å². The van der Waals surface area contributed by atoms with Crippen molar-refractivity contribution < 1.29 is 156 Å². The minimum Gasteiger partial charge on any atom is -0.422 e. The van der Waals surface area contributed by atoms with Gasteiger partial charge in [0.15, 0.2) is 11.5 Å². The van der Waals surface area contributed by atoms with Crippen molar-refractivity contribution in [1.29, 1.82) is 0 Å². The number of nitrogens with zero attached hydrogens (tertiary/aromatic N) is 1. The lowest BCUT2D eigenvalue weighted by molar-refractivity contribution is -0.347. The molecule has 0 heterocycles. The second kappa shape index (κ2) is 19.2. The first kappa shape index (κ1) is 60.5. The Morgan fingerprint density at radius 3 is 1.13 bits per heavy atom. The second-order valence-corrected chi connectivity index (χ2v) is 13.8. The van der Waals surface area contributed by atoms with Gasteiger partial charge in [-0.25, -0.2) is 14.4 Å². The molecule has 0 saturated heterocycles. The number of esters is 3. The Kier molecular flexibility index (Phi) is 16.6. The van der Waals surface area contributed by atoms with Gasteiger partial charge in [0.1, 0.15) is 5.75 Å². The number of ether oxygens (including phenoxy) is 3. The van der Waals surface area contributed by atoms with Crippen LogP contribution in [0, 0.1) is 0 Å². The summed E-state index contributed by atoms with van der Waals surface area (Å²) in [6.45, 7) is -1.20. The second-order valence-electron chi connectivity index (χ2n) is 13.8. The molecule has 0 N–H and O–H groups in total. The lowest BCUT2D eigenvalue weighted by atomic mass is 10.0. The zero-order valence-electron chi connectivity index (χ0n) is 32.8. The SMILES string of the molecule is CC(CCc1ccc(OC(=O)C(F)(F)C(F)(F)C(F)(F)F)cc1)N(CCc1ccc(OC(=O)C(F)(F)C(F)(F)C(F)(F)F)c(OC(=O)C(F)(F)C(F)(F)C(F)(F)F)c1)C(=O)C(F)(F)C(F)(F)C(F)(F)F. The maximum atomic E-state index is 14.7. The third-order valence-electron chi connectivity index (χ3n) is 8.87. The average molecular weight is 1090 g/mol. The first-order valence-electron chi connectivity index (χ1n) is 17.4. The summed E-state index contributed by atoms with van der Waals surface area (Å²) < 4.78 is 384. The Labute approximate surface area is 367 Å². The number of hydrogen-bond acceptors (Lipinski definition) is 7. The van der Waals surface area contributed by atoms with Crippen molar-refractivity contribution in [2.45, 2.75) is 104 Å². The Morgan fingerprint density at radius 2 is 0.757 bits per heavy atom. The number of carbonyl (C=O) groups is 4. The molecule has 2 rings (SSSR count). The molecular weight excluding hydrogens is 1070 g/mol. The van der Waals surface area contributed by atoms with Crippen LogP contribution in [0.15, 0.2) is 42.5 Å². The largest absolute Gasteiger partial charge is 0.460 e. The molecule has 0 spiro atoms. The molecule has 1 amide bonds. The lowest BCUT2D eigenvalue weighted by Crippen LogP contribution is -2.61. The Morgan fingerprint density at radius 1 is 0.429 bits per heavy atom. The van der Waals surface area contributed by atoms with E-state index >= 15 is 0 Å². The molecule has 398 valence electrons. The number of halogens is 28. The predicted octanol–water partition coefficient (Wildman–Crippen LogP) is 11.1. The fourth-order valence-electron chi connectivity index (χ4n) is 4.81. The Hall–Kier alpha value is -5.64. The maximum Gasteiger partial charge on any atom is 0.460 e. The molecule has 2 aromatic rings. The van der Waals surface area contributed by atoms with Crippen molar-refractivity contribution in [3.63, 3.8) is 0 Å². The fourth-order valence-corrected chi connectivity index (χ4v) is 4.81. The zero-order valence-corrected chi connectivity index (χ0v) is 32.8. The number of benzene rings is 2. The lowest BCUT2D eigenvalue weighted by Gasteiger charge is -2.35. The van der Waals surface area contributed by atoms with Crippen LogP contribution >= 0.6 is 0 Å². The van der Waals surface area contributed by atoms with Crippen LogP contribution < -0.4 is 14.2 Å². The highest BCUT2D eigenvalue weighted by molar-refractivity contribution is 5.86. The van der Waals surface area contributed by atoms with E-state index in [1.54, 1.807) is 0 Å². The van der Waals surface area contributed by atoms with E-state index in [1.807, 2.05) is 0 Å². The number of hydrogen-bond donors (Lipinski definition) is 0. The number of amides is 1. The van der Waals surface area contributed by atoms with Crippen LogP contribution in [0.5, 0.6) is 17.2 Å². The number of carbonyl (C=O) groups excluding carboxylic acids is 4. The van der Waals surface area contributed by atoms with Gasteiger partial charge in [-0.1, -0.05) is 18.2 Å². The van der Waals surface area contributed by atoms with Crippen molar-refractivity contribution in [3.8, 4) is 17.2 Å². The molecule has 0 aliphatic rings. The quantitative estimate of drug-likeness (QED) is 0.0833. The molecule has 2 aromatic carbocycles. The zero-order chi connectivity index (χ0) is 55.3. The number of aryl methyl sites for hydroxylation is 1. The van der Waals surface area contributed by atoms with Gasteiger partial charge in [-0.15, -0.1) is 0 Å². The Bertz CT molecular complexity index is 2230. The van der Waals surface area contributed by atoms with Crippen molar-refractivity contribution in [2.24, 2.45) is 0 Å². The molecule has 0 aromatic heterocycles. The van der Waals surface area contributed by atoms with Crippen LogP contribution in [0.3, 0.4) is 0 Å². The van der Waals surface area contributed by atoms with Gasteiger partial charge in [0.25, 0.3) is 5.91 Å². The van der Waals surface area contributed by atoms with E-state index in [0.29, 0.717) is 31.2 Å². The molecule has 8 nitrogen and oxygen atoms in total. The number of alkyl halides is 28. The van der Waals surface area contributed by atoms with Gasteiger partial charge >= 0.3 is 90.0 Å². The fraction of sp³-hybridized carbons (Fsp3) is 0.529. The molecule has 70 heavy (non-hydrogen) atoms. The van der Waals surface area contributed by atoms with E-state index in [9.17, 15) is 142 Å². The van der Waals surface area contributed by atoms with E-state index in [1.165, 1.54) is 0 Å². The van der Waals surface area contributed by atoms with E-state index in [0.717, 1.165) is 0 Å². The van der Waals surface area contributed by atoms with Crippen LogP contribution in [0.25, 0.3) is 0 Å². The molecule has 0 aliphatic heterocycles. The predicted molar refractivity (Wildman–Crippen MR) is 167 cm³/mol. The summed E-state index contributed by atoms with van der Waals surface area (Å²) in [5.41, 5.74) is -1.46. The van der Waals surface area contributed by atoms with Gasteiger partial charge in [-0.3, -0.25) is 4.79 Å². The molecule has 1 unspecified atom stereocenters. The van der Waals surface area contributed by atoms with Gasteiger partial charge in [0, 0.05) is 12.6 Å². The van der Waals surface area contributed by atoms with E-state index < -0.39 is 155 Å². The third kappa shape index (κ3) is 11.4. The standard InChI is InChI=1S/C34H19F28NO7/c1-13(2-3-14-4-7-16(8-5-14)68-20(65)24(37,38)28(45,46)32(54,55)56)63(19(64)23(35,36)27(43,44)31(51,52)53)11-10-15-6-9-17(69-21(66)25(39,40)29(47,48)33(57,58)59)18(12-15)70-22(67)26(41,42)30(49,50)34(60,61)62/h4-9,12-13H,2-3,10-11H2,1H3. The Balaban J connectivity index is 2.64. The van der Waals surface area contributed by atoms with Gasteiger partial charge < -0.3 is 19.1 Å². The van der Waals surface area contributed by atoms with Crippen LogP contribution in [0.2, 0.25) is 0 Å². The monoisotopic (exact) mass is 1090 g/mol. The summed E-state index contributed by atoms with van der Waals surface area (Å²) in [6.07, 6.45) is -32.2. The van der Waals surface area contributed by atoms with Crippen molar-refractivity contribution in [2.75, 3.05) is 6.54 Å². The third-order valence-corrected chi connectivity index (χ3v) is 8.87. The highest BCUT2D eigenvalue weighted by Gasteiger charge is 2.80. The van der Waals surface area contributed by atoms with Gasteiger partial charge in [0.2, 0.25) is 0 Å². The first-order chi connectivity index (χ1) is 30.9. The average Bonchev–Trinajstić information content (AvgIpc) is 3.19. The summed E-state index contributed by atoms with van der Waals surface area (Å²) in [4.78, 5) is 47.4. The molecule has 0 saturated carbocycles. The summed E-state index contributed by atoms with van der Waals surface area (Å²) >= 11 is 0. The molecule has 0 aliphatic carbocycles. The van der Waals surface area contributed by atoms with E-state index in [4.69, 9.17) is 0 Å². The minimum absolute atomic E-state index is 0.0761. The molecule has 0 radical (unpaired) electrons. The van der Waals surface area contributed by atoms with E-state index in [-0.39, 0.29) is 23.8 Å². The minimum atomic E-state index is -7.46. The topological polar surface area (TPSA) is 99.2 Å². The van der Waals surface area contributed by atoms with Crippen molar-refractivity contribution >= 4 is 23.8 Å². The summed E-state index contributed by atoms with van der Waals surface area (Å²) in [6, 6.07) is -0.756. The summed E-state index contributed by atoms with van der Waals surface area (Å²) in [5, 5.41) is 0. The summed E-state index contributed by atoms with van der Waals surface area (Å²) in [5.74, 6) is -77.9. The molecular formula is C34H19F28NO7. The highest BCUT2D eigenvalue weighted by Crippen LogP contribution is 2.51. The highest BCUT2D eigenvalue weighted by atomic mass is 19.5. The molecule has 1 atom stereocenters. The van der Waals surface area contributed by atoms with Crippen LogP contribution in [-0.4, -0.2) is 113 Å².